The number of aromatic hydroxyl groups is 1. The van der Waals surface area contributed by atoms with E-state index in [1.807, 2.05) is 0 Å². The quantitative estimate of drug-likeness (QED) is 0.653. The predicted molar refractivity (Wildman–Crippen MR) is 100 cm³/mol. The third kappa shape index (κ3) is 3.70. The number of aromatic nitrogens is 1. The second-order valence-corrected chi connectivity index (χ2v) is 5.91. The summed E-state index contributed by atoms with van der Waals surface area (Å²) in [6, 6.07) is 12.8. The Hall–Kier alpha value is -3.25. The molecule has 0 radical (unpaired) electrons. The number of halogens is 1. The summed E-state index contributed by atoms with van der Waals surface area (Å²) in [6.45, 7) is 0. The lowest BCUT2D eigenvalue weighted by molar-refractivity contribution is 0.102. The summed E-state index contributed by atoms with van der Waals surface area (Å²) < 4.78 is 5.10. The number of hydrogen-bond acceptors (Lipinski definition) is 4. The molecule has 2 aromatic carbocycles. The number of H-pyrrole nitrogens is 1. The van der Waals surface area contributed by atoms with Gasteiger partial charge in [0.25, 0.3) is 11.5 Å². The molecule has 0 aliphatic heterocycles. The number of hydrogen-bond donors (Lipinski definition) is 3. The van der Waals surface area contributed by atoms with E-state index in [1.165, 1.54) is 24.4 Å². The van der Waals surface area contributed by atoms with Crippen molar-refractivity contribution in [3.8, 4) is 22.6 Å². The molecule has 0 fully saturated rings. The Morgan fingerprint density at radius 1 is 1.15 bits per heavy atom. The molecule has 0 aliphatic rings. The molecular weight excluding hydrogens is 356 g/mol. The Balaban J connectivity index is 1.89. The summed E-state index contributed by atoms with van der Waals surface area (Å²) in [5.41, 5.74) is 1.24. The van der Waals surface area contributed by atoms with E-state index in [4.69, 9.17) is 16.3 Å². The fourth-order valence-corrected chi connectivity index (χ4v) is 2.60. The molecule has 0 aliphatic carbocycles. The molecule has 3 rings (SSSR count). The zero-order chi connectivity index (χ0) is 18.7. The third-order valence-electron chi connectivity index (χ3n) is 3.77. The Kier molecular flexibility index (Phi) is 4.95. The van der Waals surface area contributed by atoms with Crippen molar-refractivity contribution in [1.82, 2.24) is 4.98 Å². The molecule has 3 N–H and O–H groups in total. The van der Waals surface area contributed by atoms with Gasteiger partial charge in [0.1, 0.15) is 11.5 Å². The number of carbonyl (C=O) groups excluding carboxylic acids is 1. The van der Waals surface area contributed by atoms with Crippen molar-refractivity contribution in [3.05, 3.63) is 75.7 Å². The second kappa shape index (κ2) is 7.33. The van der Waals surface area contributed by atoms with Crippen molar-refractivity contribution in [2.45, 2.75) is 0 Å². The van der Waals surface area contributed by atoms with Crippen LogP contribution in [-0.4, -0.2) is 23.1 Å². The minimum atomic E-state index is -0.521. The molecule has 26 heavy (non-hydrogen) atoms. The van der Waals surface area contributed by atoms with Gasteiger partial charge in [0.2, 0.25) is 0 Å². The number of nitrogens with one attached hydrogen (secondary N) is 2. The maximum atomic E-state index is 12.3. The van der Waals surface area contributed by atoms with Crippen LogP contribution >= 0.6 is 11.6 Å². The first-order valence-electron chi connectivity index (χ1n) is 7.65. The standard InChI is InChI=1S/C19H15ClN2O4/c1-26-14-5-2-11(3-6-14)16-9-13(10-21-18(16)24)22-19(25)15-7-4-12(20)8-17(15)23/h2-10,23H,1H3,(H,21,24)(H,22,25). The van der Waals surface area contributed by atoms with E-state index < -0.39 is 5.91 Å². The third-order valence-corrected chi connectivity index (χ3v) is 4.00. The maximum Gasteiger partial charge on any atom is 0.259 e. The van der Waals surface area contributed by atoms with Crippen molar-refractivity contribution >= 4 is 23.2 Å². The van der Waals surface area contributed by atoms with Gasteiger partial charge in [-0.2, -0.15) is 0 Å². The number of benzene rings is 2. The Bertz CT molecular complexity index is 1010. The van der Waals surface area contributed by atoms with Crippen LogP contribution in [0.5, 0.6) is 11.5 Å². The Morgan fingerprint density at radius 2 is 1.88 bits per heavy atom. The monoisotopic (exact) mass is 370 g/mol. The van der Waals surface area contributed by atoms with Crippen molar-refractivity contribution in [3.63, 3.8) is 0 Å². The molecule has 0 atom stereocenters. The van der Waals surface area contributed by atoms with Gasteiger partial charge in [-0.3, -0.25) is 9.59 Å². The fraction of sp³-hybridized carbons (Fsp3) is 0.0526. The van der Waals surface area contributed by atoms with Crippen LogP contribution in [0.4, 0.5) is 5.69 Å². The van der Waals surface area contributed by atoms with E-state index in [0.29, 0.717) is 27.6 Å². The summed E-state index contributed by atoms with van der Waals surface area (Å²) >= 11 is 5.77. The molecule has 1 amide bonds. The normalized spacial score (nSPS) is 10.4. The first-order chi connectivity index (χ1) is 12.5. The van der Waals surface area contributed by atoms with Gasteiger partial charge >= 0.3 is 0 Å². The van der Waals surface area contributed by atoms with Crippen LogP contribution in [0.15, 0.2) is 59.5 Å². The summed E-state index contributed by atoms with van der Waals surface area (Å²) in [5, 5.41) is 12.8. The zero-order valence-corrected chi connectivity index (χ0v) is 14.5. The van der Waals surface area contributed by atoms with Gasteiger partial charge in [-0.1, -0.05) is 23.7 Å². The van der Waals surface area contributed by atoms with Gasteiger partial charge in [-0.25, -0.2) is 0 Å². The zero-order valence-electron chi connectivity index (χ0n) is 13.7. The van der Waals surface area contributed by atoms with Crippen LogP contribution < -0.4 is 15.6 Å². The minimum absolute atomic E-state index is 0.0756. The van der Waals surface area contributed by atoms with Crippen molar-refractivity contribution in [2.24, 2.45) is 0 Å². The van der Waals surface area contributed by atoms with Crippen LogP contribution in [0.1, 0.15) is 10.4 Å². The first-order valence-corrected chi connectivity index (χ1v) is 8.03. The van der Waals surface area contributed by atoms with Crippen molar-refractivity contribution in [1.29, 1.82) is 0 Å². The number of phenolic OH excluding ortho intramolecular Hbond substituents is 1. The summed E-state index contributed by atoms with van der Waals surface area (Å²) in [7, 11) is 1.56. The molecule has 0 saturated heterocycles. The van der Waals surface area contributed by atoms with E-state index >= 15 is 0 Å². The van der Waals surface area contributed by atoms with Gasteiger partial charge in [0.15, 0.2) is 0 Å². The number of carbonyl (C=O) groups is 1. The number of pyridine rings is 1. The van der Waals surface area contributed by atoms with Crippen LogP contribution in [-0.2, 0) is 0 Å². The molecule has 6 nitrogen and oxygen atoms in total. The van der Waals surface area contributed by atoms with E-state index in [2.05, 4.69) is 10.3 Å². The number of methoxy groups -OCH3 is 1. The highest BCUT2D eigenvalue weighted by Gasteiger charge is 2.13. The highest BCUT2D eigenvalue weighted by Crippen LogP contribution is 2.24. The predicted octanol–water partition coefficient (Wildman–Crippen LogP) is 3.66. The molecule has 0 saturated carbocycles. The van der Waals surface area contributed by atoms with Crippen LogP contribution in [0.25, 0.3) is 11.1 Å². The smallest absolute Gasteiger partial charge is 0.259 e. The number of amides is 1. The van der Waals surface area contributed by atoms with Crippen molar-refractivity contribution < 1.29 is 14.6 Å². The van der Waals surface area contributed by atoms with Crippen LogP contribution in [0.3, 0.4) is 0 Å². The lowest BCUT2D eigenvalue weighted by Gasteiger charge is -2.09. The summed E-state index contributed by atoms with van der Waals surface area (Å²) in [5.74, 6) is -0.0745. The molecule has 0 bridgehead atoms. The average Bonchev–Trinajstić information content (AvgIpc) is 2.63. The second-order valence-electron chi connectivity index (χ2n) is 5.48. The number of phenols is 1. The molecule has 132 valence electrons. The Morgan fingerprint density at radius 3 is 2.54 bits per heavy atom. The molecule has 1 heterocycles. The number of ether oxygens (including phenoxy) is 1. The molecule has 0 unspecified atom stereocenters. The van der Waals surface area contributed by atoms with E-state index in [-0.39, 0.29) is 16.9 Å². The molecule has 0 spiro atoms. The lowest BCUT2D eigenvalue weighted by Crippen LogP contribution is -2.15. The average molecular weight is 371 g/mol. The van der Waals surface area contributed by atoms with E-state index in [9.17, 15) is 14.7 Å². The lowest BCUT2D eigenvalue weighted by atomic mass is 10.1. The SMILES string of the molecule is COc1ccc(-c2cc(NC(=O)c3ccc(Cl)cc3O)c[nH]c2=O)cc1. The van der Waals surface area contributed by atoms with E-state index in [0.717, 1.165) is 0 Å². The summed E-state index contributed by atoms with van der Waals surface area (Å²) in [4.78, 5) is 27.1. The molecule has 7 heteroatoms. The topological polar surface area (TPSA) is 91.4 Å². The van der Waals surface area contributed by atoms with Crippen LogP contribution in [0.2, 0.25) is 5.02 Å². The maximum absolute atomic E-state index is 12.3. The molecule has 3 aromatic rings. The first kappa shape index (κ1) is 17.6. The highest BCUT2D eigenvalue weighted by molar-refractivity contribution is 6.31. The van der Waals surface area contributed by atoms with Gasteiger partial charge in [-0.05, 0) is 42.0 Å². The van der Waals surface area contributed by atoms with E-state index in [1.54, 1.807) is 37.4 Å². The van der Waals surface area contributed by atoms with Crippen molar-refractivity contribution in [2.75, 3.05) is 12.4 Å². The number of rotatable bonds is 4. The van der Waals surface area contributed by atoms with Gasteiger partial charge < -0.3 is 20.1 Å². The van der Waals surface area contributed by atoms with Gasteiger partial charge in [0.05, 0.1) is 18.4 Å². The highest BCUT2D eigenvalue weighted by atomic mass is 35.5. The Labute approximate surface area is 154 Å². The minimum Gasteiger partial charge on any atom is -0.507 e. The van der Waals surface area contributed by atoms with Crippen LogP contribution in [0, 0.1) is 0 Å². The largest absolute Gasteiger partial charge is 0.507 e. The molecule has 1 aromatic heterocycles. The van der Waals surface area contributed by atoms with Gasteiger partial charge in [-0.15, -0.1) is 0 Å². The fourth-order valence-electron chi connectivity index (χ4n) is 2.44. The number of anilines is 1. The number of aromatic amines is 1. The van der Waals surface area contributed by atoms with Gasteiger partial charge in [0, 0.05) is 16.8 Å². The summed E-state index contributed by atoms with van der Waals surface area (Å²) in [6.07, 6.45) is 1.39. The molecular formula is C19H15ClN2O4.